The van der Waals surface area contributed by atoms with Crippen LogP contribution in [-0.2, 0) is 4.79 Å². The zero-order valence-electron chi connectivity index (χ0n) is 11.1. The Morgan fingerprint density at radius 2 is 2.11 bits per heavy atom. The number of unbranched alkanes of at least 4 members (excludes halogenated alkanes) is 1. The Balaban J connectivity index is 2.36. The molecular formula is C13H20N4O2. The molecule has 0 aliphatic heterocycles. The van der Waals surface area contributed by atoms with Crippen molar-refractivity contribution in [2.75, 3.05) is 18.4 Å². The van der Waals surface area contributed by atoms with Crippen molar-refractivity contribution in [1.29, 1.82) is 0 Å². The summed E-state index contributed by atoms with van der Waals surface area (Å²) in [5.74, 6) is 0.161. The van der Waals surface area contributed by atoms with E-state index >= 15 is 0 Å². The molecule has 4 N–H and O–H groups in total. The first kappa shape index (κ1) is 14.9. The second-order valence-corrected chi connectivity index (χ2v) is 4.12. The maximum atomic E-state index is 11.8. The van der Waals surface area contributed by atoms with Gasteiger partial charge in [-0.15, -0.1) is 0 Å². The quantitative estimate of drug-likeness (QED) is 0.608. The van der Waals surface area contributed by atoms with E-state index in [0.29, 0.717) is 30.9 Å². The van der Waals surface area contributed by atoms with Crippen LogP contribution in [0.15, 0.2) is 18.2 Å². The summed E-state index contributed by atoms with van der Waals surface area (Å²) in [5.41, 5.74) is 5.41. The third kappa shape index (κ3) is 5.85. The maximum Gasteiger partial charge on any atom is 0.269 e. The number of rotatable bonds is 8. The molecule has 0 bridgehead atoms. The molecule has 19 heavy (non-hydrogen) atoms. The van der Waals surface area contributed by atoms with Gasteiger partial charge in [0.2, 0.25) is 5.91 Å². The summed E-state index contributed by atoms with van der Waals surface area (Å²) >= 11 is 0. The number of pyridine rings is 1. The molecule has 0 saturated carbocycles. The number of amides is 2. The molecule has 104 valence electrons. The molecule has 0 aliphatic carbocycles. The summed E-state index contributed by atoms with van der Waals surface area (Å²) in [4.78, 5) is 26.5. The smallest absolute Gasteiger partial charge is 0.269 e. The first-order chi connectivity index (χ1) is 9.13. The lowest BCUT2D eigenvalue weighted by atomic mass is 10.2. The highest BCUT2D eigenvalue weighted by molar-refractivity contribution is 5.92. The van der Waals surface area contributed by atoms with Gasteiger partial charge in [0.15, 0.2) is 0 Å². The summed E-state index contributed by atoms with van der Waals surface area (Å²) in [7, 11) is 0. The van der Waals surface area contributed by atoms with Gasteiger partial charge in [0, 0.05) is 19.5 Å². The fraction of sp³-hybridized carbons (Fsp3) is 0.462. The van der Waals surface area contributed by atoms with Crippen molar-refractivity contribution >= 4 is 17.6 Å². The van der Waals surface area contributed by atoms with Gasteiger partial charge >= 0.3 is 0 Å². The Morgan fingerprint density at radius 1 is 1.32 bits per heavy atom. The SMILES string of the molecule is CCNc1cccc(C(=O)NCCCCC(N)=O)n1. The van der Waals surface area contributed by atoms with Crippen molar-refractivity contribution in [3.63, 3.8) is 0 Å². The maximum absolute atomic E-state index is 11.8. The number of carbonyl (C=O) groups excluding carboxylic acids is 2. The minimum absolute atomic E-state index is 0.209. The Hall–Kier alpha value is -2.11. The summed E-state index contributed by atoms with van der Waals surface area (Å²) in [5, 5.41) is 5.81. The fourth-order valence-corrected chi connectivity index (χ4v) is 1.56. The summed E-state index contributed by atoms with van der Waals surface area (Å²) in [6.45, 7) is 3.23. The molecule has 6 heteroatoms. The summed E-state index contributed by atoms with van der Waals surface area (Å²) in [6.07, 6.45) is 1.76. The number of nitrogens with zero attached hydrogens (tertiary/aromatic N) is 1. The van der Waals surface area contributed by atoms with E-state index in [2.05, 4.69) is 15.6 Å². The average molecular weight is 264 g/mol. The number of nitrogens with two attached hydrogens (primary N) is 1. The average Bonchev–Trinajstić information content (AvgIpc) is 2.38. The van der Waals surface area contributed by atoms with Crippen LogP contribution < -0.4 is 16.4 Å². The highest BCUT2D eigenvalue weighted by Gasteiger charge is 2.06. The molecule has 0 aliphatic rings. The normalized spacial score (nSPS) is 9.95. The Kier molecular flexibility index (Phi) is 6.35. The number of hydrogen-bond donors (Lipinski definition) is 3. The van der Waals surface area contributed by atoms with Crippen molar-refractivity contribution in [3.8, 4) is 0 Å². The third-order valence-electron chi connectivity index (χ3n) is 2.48. The molecule has 0 saturated heterocycles. The van der Waals surface area contributed by atoms with Crippen LogP contribution in [0.5, 0.6) is 0 Å². The number of primary amides is 1. The van der Waals surface area contributed by atoms with Crippen LogP contribution in [0.4, 0.5) is 5.82 Å². The van der Waals surface area contributed by atoms with Crippen LogP contribution in [-0.4, -0.2) is 29.9 Å². The molecule has 0 aromatic carbocycles. The second-order valence-electron chi connectivity index (χ2n) is 4.12. The molecule has 0 fully saturated rings. The van der Waals surface area contributed by atoms with E-state index in [9.17, 15) is 9.59 Å². The Morgan fingerprint density at radius 3 is 2.79 bits per heavy atom. The second kappa shape index (κ2) is 8.07. The van der Waals surface area contributed by atoms with Crippen molar-refractivity contribution in [3.05, 3.63) is 23.9 Å². The van der Waals surface area contributed by atoms with Crippen molar-refractivity contribution < 1.29 is 9.59 Å². The van der Waals surface area contributed by atoms with Gasteiger partial charge in [-0.1, -0.05) is 6.07 Å². The molecule has 2 amide bonds. The number of carbonyl (C=O) groups is 2. The first-order valence-corrected chi connectivity index (χ1v) is 6.41. The predicted molar refractivity (Wildman–Crippen MR) is 73.8 cm³/mol. The van der Waals surface area contributed by atoms with Crippen LogP contribution in [0.3, 0.4) is 0 Å². The van der Waals surface area contributed by atoms with Crippen molar-refractivity contribution in [2.24, 2.45) is 5.73 Å². The zero-order valence-corrected chi connectivity index (χ0v) is 11.1. The minimum atomic E-state index is -0.314. The van der Waals surface area contributed by atoms with Crippen LogP contribution in [0.2, 0.25) is 0 Å². The van der Waals surface area contributed by atoms with E-state index in [1.807, 2.05) is 13.0 Å². The molecule has 1 aromatic rings. The number of aromatic nitrogens is 1. The van der Waals surface area contributed by atoms with Crippen LogP contribution in [0.25, 0.3) is 0 Å². The molecule has 1 aromatic heterocycles. The van der Waals surface area contributed by atoms with E-state index in [-0.39, 0.29) is 11.8 Å². The van der Waals surface area contributed by atoms with E-state index in [4.69, 9.17) is 5.73 Å². The van der Waals surface area contributed by atoms with Gasteiger partial charge in [-0.25, -0.2) is 4.98 Å². The lowest BCUT2D eigenvalue weighted by molar-refractivity contribution is -0.118. The molecule has 0 unspecified atom stereocenters. The van der Waals surface area contributed by atoms with Gasteiger partial charge < -0.3 is 16.4 Å². The van der Waals surface area contributed by atoms with E-state index in [1.165, 1.54) is 0 Å². The van der Waals surface area contributed by atoms with Gasteiger partial charge in [0.1, 0.15) is 11.5 Å². The first-order valence-electron chi connectivity index (χ1n) is 6.41. The summed E-state index contributed by atoms with van der Waals surface area (Å²) in [6, 6.07) is 5.26. The highest BCUT2D eigenvalue weighted by atomic mass is 16.2. The van der Waals surface area contributed by atoms with E-state index in [0.717, 1.165) is 13.0 Å². The molecule has 0 spiro atoms. The molecule has 1 rings (SSSR count). The Labute approximate surface area is 112 Å². The van der Waals surface area contributed by atoms with Crippen molar-refractivity contribution in [1.82, 2.24) is 10.3 Å². The Bertz CT molecular complexity index is 434. The molecular weight excluding hydrogens is 244 g/mol. The fourth-order valence-electron chi connectivity index (χ4n) is 1.56. The van der Waals surface area contributed by atoms with Gasteiger partial charge in [0.25, 0.3) is 5.91 Å². The number of hydrogen-bond acceptors (Lipinski definition) is 4. The van der Waals surface area contributed by atoms with E-state index < -0.39 is 0 Å². The lowest BCUT2D eigenvalue weighted by Gasteiger charge is -2.06. The molecule has 6 nitrogen and oxygen atoms in total. The number of anilines is 1. The number of nitrogens with one attached hydrogen (secondary N) is 2. The standard InChI is InChI=1S/C13H20N4O2/c1-2-15-12-8-5-6-10(17-12)13(19)16-9-4-3-7-11(14)18/h5-6,8H,2-4,7,9H2,1H3,(H2,14,18)(H,15,17)(H,16,19). The molecule has 0 radical (unpaired) electrons. The van der Waals surface area contributed by atoms with Gasteiger partial charge in [-0.05, 0) is 31.9 Å². The topological polar surface area (TPSA) is 97.1 Å². The largest absolute Gasteiger partial charge is 0.370 e. The van der Waals surface area contributed by atoms with Crippen LogP contribution >= 0.6 is 0 Å². The van der Waals surface area contributed by atoms with Gasteiger partial charge in [0.05, 0.1) is 0 Å². The predicted octanol–water partition coefficient (Wildman–Crippen LogP) is 0.899. The van der Waals surface area contributed by atoms with Gasteiger partial charge in [-0.3, -0.25) is 9.59 Å². The third-order valence-corrected chi connectivity index (χ3v) is 2.48. The van der Waals surface area contributed by atoms with Gasteiger partial charge in [-0.2, -0.15) is 0 Å². The van der Waals surface area contributed by atoms with Crippen LogP contribution in [0.1, 0.15) is 36.7 Å². The van der Waals surface area contributed by atoms with E-state index in [1.54, 1.807) is 12.1 Å². The lowest BCUT2D eigenvalue weighted by Crippen LogP contribution is -2.25. The highest BCUT2D eigenvalue weighted by Crippen LogP contribution is 2.04. The monoisotopic (exact) mass is 264 g/mol. The molecule has 0 atom stereocenters. The summed E-state index contributed by atoms with van der Waals surface area (Å²) < 4.78 is 0. The molecule has 1 heterocycles. The zero-order chi connectivity index (χ0) is 14.1. The minimum Gasteiger partial charge on any atom is -0.370 e. The van der Waals surface area contributed by atoms with Crippen molar-refractivity contribution in [2.45, 2.75) is 26.2 Å². The van der Waals surface area contributed by atoms with Crippen LogP contribution in [0, 0.1) is 0 Å².